The monoisotopic (exact) mass is 446 g/mol. The molecule has 29 heavy (non-hydrogen) atoms. The summed E-state index contributed by atoms with van der Waals surface area (Å²) in [7, 11) is -3.82. The van der Waals surface area contributed by atoms with E-state index in [0.717, 1.165) is 4.88 Å². The molecule has 1 N–H and O–H groups in total. The van der Waals surface area contributed by atoms with E-state index in [9.17, 15) is 13.2 Å². The molecule has 3 aromatic rings. The van der Waals surface area contributed by atoms with Crippen LogP contribution in [0.4, 0.5) is 11.4 Å². The van der Waals surface area contributed by atoms with Crippen LogP contribution in [0.3, 0.4) is 0 Å². The van der Waals surface area contributed by atoms with Crippen molar-refractivity contribution in [3.8, 4) is 0 Å². The van der Waals surface area contributed by atoms with Gasteiger partial charge in [0, 0.05) is 17.5 Å². The first-order valence-electron chi connectivity index (χ1n) is 8.81. The number of hydrogen-bond donors (Lipinski definition) is 1. The summed E-state index contributed by atoms with van der Waals surface area (Å²) < 4.78 is 27.6. The molecule has 2 aromatic carbocycles. The lowest BCUT2D eigenvalue weighted by molar-refractivity contribution is -0.111. The summed E-state index contributed by atoms with van der Waals surface area (Å²) in [5, 5.41) is 4.81. The number of thiophene rings is 1. The Bertz CT molecular complexity index is 1110. The van der Waals surface area contributed by atoms with E-state index in [4.69, 9.17) is 11.6 Å². The Morgan fingerprint density at radius 2 is 1.90 bits per heavy atom. The number of para-hydroxylation sites is 1. The first kappa shape index (κ1) is 21.1. The summed E-state index contributed by atoms with van der Waals surface area (Å²) in [5.74, 6) is -0.398. The number of rotatable bonds is 7. The van der Waals surface area contributed by atoms with Crippen LogP contribution in [-0.2, 0) is 14.8 Å². The van der Waals surface area contributed by atoms with Gasteiger partial charge in [-0.05, 0) is 54.8 Å². The molecule has 0 aliphatic rings. The second-order valence-corrected chi connectivity index (χ2v) is 9.23. The zero-order valence-electron chi connectivity index (χ0n) is 15.6. The molecule has 1 aromatic heterocycles. The Hall–Kier alpha value is -2.61. The average molecular weight is 447 g/mol. The maximum Gasteiger partial charge on any atom is 0.264 e. The highest BCUT2D eigenvalue weighted by Crippen LogP contribution is 2.29. The summed E-state index contributed by atoms with van der Waals surface area (Å²) in [6, 6.07) is 16.9. The zero-order chi connectivity index (χ0) is 20.9. The Kier molecular flexibility index (Phi) is 6.74. The molecule has 0 saturated carbocycles. The van der Waals surface area contributed by atoms with E-state index in [0.29, 0.717) is 5.69 Å². The number of carbonyl (C=O) groups excluding carboxylic acids is 1. The smallest absolute Gasteiger partial charge is 0.264 e. The third-order valence-electron chi connectivity index (χ3n) is 4.06. The average Bonchev–Trinajstić information content (AvgIpc) is 3.23. The van der Waals surface area contributed by atoms with Gasteiger partial charge in [-0.15, -0.1) is 11.3 Å². The quantitative estimate of drug-likeness (QED) is 0.503. The standard InChI is InChI=1S/C21H19ClN2O3S2/c1-2-24(16-7-4-3-5-8-16)29(26,27)18-11-12-19(22)20(15-18)23-21(25)13-10-17-9-6-14-28-17/h3-15H,2H2,1H3,(H,23,25). The van der Waals surface area contributed by atoms with Gasteiger partial charge in [0.1, 0.15) is 0 Å². The van der Waals surface area contributed by atoms with E-state index in [-0.39, 0.29) is 22.2 Å². The molecule has 150 valence electrons. The zero-order valence-corrected chi connectivity index (χ0v) is 18.0. The van der Waals surface area contributed by atoms with Crippen molar-refractivity contribution in [1.82, 2.24) is 0 Å². The van der Waals surface area contributed by atoms with Crippen LogP contribution in [-0.4, -0.2) is 20.9 Å². The molecule has 0 aliphatic carbocycles. The topological polar surface area (TPSA) is 66.5 Å². The molecule has 5 nitrogen and oxygen atoms in total. The molecule has 0 bridgehead atoms. The predicted molar refractivity (Wildman–Crippen MR) is 120 cm³/mol. The molecule has 0 radical (unpaired) electrons. The van der Waals surface area contributed by atoms with Gasteiger partial charge in [0.2, 0.25) is 5.91 Å². The maximum atomic E-state index is 13.2. The highest BCUT2D eigenvalue weighted by molar-refractivity contribution is 7.92. The number of nitrogens with zero attached hydrogens (tertiary/aromatic N) is 1. The molecule has 8 heteroatoms. The normalized spacial score (nSPS) is 11.5. The van der Waals surface area contributed by atoms with Crippen LogP contribution in [0.5, 0.6) is 0 Å². The molecule has 0 saturated heterocycles. The first-order valence-corrected chi connectivity index (χ1v) is 11.5. The summed E-state index contributed by atoms with van der Waals surface area (Å²) in [5.41, 5.74) is 0.798. The van der Waals surface area contributed by atoms with Gasteiger partial charge in [-0.25, -0.2) is 8.42 Å². The number of halogens is 1. The second-order valence-electron chi connectivity index (χ2n) is 5.98. The van der Waals surface area contributed by atoms with Crippen molar-refractivity contribution in [2.45, 2.75) is 11.8 Å². The summed E-state index contributed by atoms with van der Waals surface area (Å²) >= 11 is 7.68. The van der Waals surface area contributed by atoms with E-state index in [2.05, 4.69) is 5.32 Å². The summed E-state index contributed by atoms with van der Waals surface area (Å²) in [6.07, 6.45) is 3.06. The number of hydrogen-bond acceptors (Lipinski definition) is 4. The molecule has 3 rings (SSSR count). The van der Waals surface area contributed by atoms with Crippen molar-refractivity contribution in [2.24, 2.45) is 0 Å². The van der Waals surface area contributed by atoms with Gasteiger partial charge in [0.05, 0.1) is 21.3 Å². The fourth-order valence-corrected chi connectivity index (χ4v) is 4.98. The second kappa shape index (κ2) is 9.26. The number of carbonyl (C=O) groups is 1. The minimum atomic E-state index is -3.82. The van der Waals surface area contributed by atoms with Crippen LogP contribution in [0.25, 0.3) is 6.08 Å². The van der Waals surface area contributed by atoms with Crippen LogP contribution >= 0.6 is 22.9 Å². The highest BCUT2D eigenvalue weighted by atomic mass is 35.5. The predicted octanol–water partition coefficient (Wildman–Crippen LogP) is 5.27. The number of anilines is 2. The fourth-order valence-electron chi connectivity index (χ4n) is 2.69. The molecular formula is C21H19ClN2O3S2. The number of benzene rings is 2. The molecular weight excluding hydrogens is 428 g/mol. The van der Waals surface area contributed by atoms with E-state index in [1.54, 1.807) is 37.3 Å². The van der Waals surface area contributed by atoms with Gasteiger partial charge in [0.25, 0.3) is 10.0 Å². The van der Waals surface area contributed by atoms with Crippen LogP contribution < -0.4 is 9.62 Å². The van der Waals surface area contributed by atoms with Crippen LogP contribution in [0.15, 0.2) is 77.0 Å². The lowest BCUT2D eigenvalue weighted by Gasteiger charge is -2.23. The van der Waals surface area contributed by atoms with Gasteiger partial charge in [-0.1, -0.05) is 35.9 Å². The highest BCUT2D eigenvalue weighted by Gasteiger charge is 2.24. The third kappa shape index (κ3) is 5.06. The molecule has 0 atom stereocenters. The van der Waals surface area contributed by atoms with Gasteiger partial charge < -0.3 is 5.32 Å². The number of sulfonamides is 1. The SMILES string of the molecule is CCN(c1ccccc1)S(=O)(=O)c1ccc(Cl)c(NC(=O)C=Cc2cccs2)c1. The fraction of sp³-hybridized carbons (Fsp3) is 0.0952. The van der Waals surface area contributed by atoms with Crippen molar-refractivity contribution in [2.75, 3.05) is 16.2 Å². The van der Waals surface area contributed by atoms with Crippen LogP contribution in [0.2, 0.25) is 5.02 Å². The molecule has 0 unspecified atom stereocenters. The maximum absolute atomic E-state index is 13.2. The van der Waals surface area contributed by atoms with Gasteiger partial charge in [-0.3, -0.25) is 9.10 Å². The molecule has 1 amide bonds. The van der Waals surface area contributed by atoms with E-state index < -0.39 is 15.9 Å². The number of amides is 1. The molecule has 0 spiro atoms. The lowest BCUT2D eigenvalue weighted by Crippen LogP contribution is -2.30. The first-order chi connectivity index (χ1) is 13.9. The van der Waals surface area contributed by atoms with E-state index >= 15 is 0 Å². The van der Waals surface area contributed by atoms with E-state index in [1.807, 2.05) is 23.6 Å². The lowest BCUT2D eigenvalue weighted by atomic mass is 10.3. The van der Waals surface area contributed by atoms with Crippen molar-refractivity contribution >= 4 is 56.3 Å². The van der Waals surface area contributed by atoms with E-state index in [1.165, 1.54) is 39.9 Å². The summed E-state index contributed by atoms with van der Waals surface area (Å²) in [6.45, 7) is 2.03. The van der Waals surface area contributed by atoms with Crippen molar-refractivity contribution < 1.29 is 13.2 Å². The van der Waals surface area contributed by atoms with Crippen LogP contribution in [0, 0.1) is 0 Å². The minimum Gasteiger partial charge on any atom is -0.321 e. The van der Waals surface area contributed by atoms with Gasteiger partial charge >= 0.3 is 0 Å². The van der Waals surface area contributed by atoms with Crippen molar-refractivity contribution in [1.29, 1.82) is 0 Å². The largest absolute Gasteiger partial charge is 0.321 e. The number of nitrogens with one attached hydrogen (secondary N) is 1. The van der Waals surface area contributed by atoms with Crippen LogP contribution in [0.1, 0.15) is 11.8 Å². The Labute approximate surface area is 179 Å². The molecule has 1 heterocycles. The van der Waals surface area contributed by atoms with Crippen molar-refractivity contribution in [3.63, 3.8) is 0 Å². The molecule has 0 fully saturated rings. The minimum absolute atomic E-state index is 0.0464. The Morgan fingerprint density at radius 1 is 1.14 bits per heavy atom. The Balaban J connectivity index is 1.86. The van der Waals surface area contributed by atoms with Crippen molar-refractivity contribution in [3.05, 3.63) is 82.0 Å². The van der Waals surface area contributed by atoms with Gasteiger partial charge in [-0.2, -0.15) is 0 Å². The third-order valence-corrected chi connectivity index (χ3v) is 7.12. The Morgan fingerprint density at radius 3 is 2.55 bits per heavy atom. The summed E-state index contributed by atoms with van der Waals surface area (Å²) in [4.78, 5) is 13.2. The molecule has 0 aliphatic heterocycles. The van der Waals surface area contributed by atoms with Gasteiger partial charge in [0.15, 0.2) is 0 Å².